The number of benzene rings is 2. The van der Waals surface area contributed by atoms with Crippen LogP contribution in [0, 0.1) is 30.9 Å². The normalized spacial score (nSPS) is 11.3. The molecule has 0 unspecified atom stereocenters. The Balaban J connectivity index is 2.56. The van der Waals surface area contributed by atoms with Gasteiger partial charge in [0, 0.05) is 18.2 Å². The molecule has 128 valence electrons. The largest absolute Gasteiger partial charge is 0.273 e. The number of nitro benzene ring substituents is 1. The van der Waals surface area contributed by atoms with Crippen molar-refractivity contribution in [2.75, 3.05) is 10.8 Å². The lowest BCUT2D eigenvalue weighted by atomic mass is 10.1. The Hall–Kier alpha value is -2.41. The fraction of sp³-hybridized carbons (Fsp3) is 0.294. The SMILES string of the molecule is CCN(c1ccc(C)c(C)c1)S(=O)(=O)c1ccc(C)c([N+](=O)[O-])c1. The van der Waals surface area contributed by atoms with Gasteiger partial charge in [-0.05, 0) is 57.0 Å². The maximum atomic E-state index is 12.9. The average molecular weight is 348 g/mol. The maximum Gasteiger partial charge on any atom is 0.273 e. The van der Waals surface area contributed by atoms with Gasteiger partial charge in [-0.3, -0.25) is 14.4 Å². The van der Waals surface area contributed by atoms with Crippen molar-refractivity contribution in [3.8, 4) is 0 Å². The summed E-state index contributed by atoms with van der Waals surface area (Å²) in [5.74, 6) is 0. The Kier molecular flexibility index (Phi) is 4.94. The third-order valence-electron chi connectivity index (χ3n) is 4.03. The molecule has 6 nitrogen and oxygen atoms in total. The van der Waals surface area contributed by atoms with Crippen LogP contribution >= 0.6 is 0 Å². The minimum atomic E-state index is -3.88. The summed E-state index contributed by atoms with van der Waals surface area (Å²) in [6.07, 6.45) is 0. The average Bonchev–Trinajstić information content (AvgIpc) is 2.51. The number of hydrogen-bond acceptors (Lipinski definition) is 4. The summed E-state index contributed by atoms with van der Waals surface area (Å²) >= 11 is 0. The third kappa shape index (κ3) is 3.26. The van der Waals surface area contributed by atoms with Crippen molar-refractivity contribution >= 4 is 21.4 Å². The van der Waals surface area contributed by atoms with Crippen LogP contribution in [0.25, 0.3) is 0 Å². The molecule has 0 radical (unpaired) electrons. The molecule has 7 heteroatoms. The predicted octanol–water partition coefficient (Wildman–Crippen LogP) is 3.74. The molecule has 2 rings (SSSR count). The van der Waals surface area contributed by atoms with E-state index in [-0.39, 0.29) is 17.1 Å². The fourth-order valence-corrected chi connectivity index (χ4v) is 3.93. The molecule has 0 fully saturated rings. The van der Waals surface area contributed by atoms with Crippen molar-refractivity contribution in [1.82, 2.24) is 0 Å². The first-order chi connectivity index (χ1) is 11.2. The zero-order valence-electron chi connectivity index (χ0n) is 14.1. The monoisotopic (exact) mass is 348 g/mol. The Morgan fingerprint density at radius 2 is 1.62 bits per heavy atom. The molecule has 2 aromatic carbocycles. The lowest BCUT2D eigenvalue weighted by Gasteiger charge is -2.23. The van der Waals surface area contributed by atoms with E-state index >= 15 is 0 Å². The number of anilines is 1. The molecule has 0 saturated carbocycles. The molecule has 0 atom stereocenters. The van der Waals surface area contributed by atoms with Gasteiger partial charge in [0.1, 0.15) is 0 Å². The Morgan fingerprint density at radius 1 is 1.00 bits per heavy atom. The Labute approximate surface area is 141 Å². The van der Waals surface area contributed by atoms with Crippen LogP contribution in [-0.2, 0) is 10.0 Å². The zero-order valence-corrected chi connectivity index (χ0v) is 14.9. The molecule has 0 aromatic heterocycles. The summed E-state index contributed by atoms with van der Waals surface area (Å²) in [7, 11) is -3.88. The van der Waals surface area contributed by atoms with Gasteiger partial charge in [-0.25, -0.2) is 8.42 Å². The van der Waals surface area contributed by atoms with E-state index in [0.717, 1.165) is 17.2 Å². The molecule has 0 aliphatic rings. The lowest BCUT2D eigenvalue weighted by molar-refractivity contribution is -0.385. The van der Waals surface area contributed by atoms with Crippen LogP contribution in [0.2, 0.25) is 0 Å². The molecule has 24 heavy (non-hydrogen) atoms. The van der Waals surface area contributed by atoms with Gasteiger partial charge in [0.05, 0.1) is 15.5 Å². The molecule has 0 spiro atoms. The fourth-order valence-electron chi connectivity index (χ4n) is 2.45. The van der Waals surface area contributed by atoms with E-state index in [1.807, 2.05) is 19.9 Å². The van der Waals surface area contributed by atoms with Gasteiger partial charge in [-0.15, -0.1) is 0 Å². The van der Waals surface area contributed by atoms with E-state index in [0.29, 0.717) is 11.3 Å². The molecule has 0 aliphatic heterocycles. The van der Waals surface area contributed by atoms with Gasteiger partial charge < -0.3 is 0 Å². The minimum Gasteiger partial charge on any atom is -0.267 e. The summed E-state index contributed by atoms with van der Waals surface area (Å²) in [6, 6.07) is 9.39. The lowest BCUT2D eigenvalue weighted by Crippen LogP contribution is -2.31. The third-order valence-corrected chi connectivity index (χ3v) is 5.93. The minimum absolute atomic E-state index is 0.0834. The summed E-state index contributed by atoms with van der Waals surface area (Å²) in [4.78, 5) is 10.4. The Bertz CT molecular complexity index is 891. The van der Waals surface area contributed by atoms with Gasteiger partial charge in [0.15, 0.2) is 0 Å². The van der Waals surface area contributed by atoms with Crippen LogP contribution in [0.5, 0.6) is 0 Å². The second-order valence-corrected chi connectivity index (χ2v) is 7.51. The van der Waals surface area contributed by atoms with Gasteiger partial charge in [0.2, 0.25) is 0 Å². The van der Waals surface area contributed by atoms with Crippen LogP contribution in [0.1, 0.15) is 23.6 Å². The van der Waals surface area contributed by atoms with Gasteiger partial charge in [0.25, 0.3) is 15.7 Å². The van der Waals surface area contributed by atoms with Crippen molar-refractivity contribution in [3.63, 3.8) is 0 Å². The molecule has 0 aliphatic carbocycles. The van der Waals surface area contributed by atoms with Gasteiger partial charge >= 0.3 is 0 Å². The van der Waals surface area contributed by atoms with E-state index < -0.39 is 14.9 Å². The Morgan fingerprint density at radius 3 is 2.17 bits per heavy atom. The number of sulfonamides is 1. The highest BCUT2D eigenvalue weighted by Crippen LogP contribution is 2.28. The number of aryl methyl sites for hydroxylation is 3. The molecule has 0 saturated heterocycles. The van der Waals surface area contributed by atoms with Crippen molar-refractivity contribution in [2.45, 2.75) is 32.6 Å². The maximum absolute atomic E-state index is 12.9. The molecule has 0 heterocycles. The highest BCUT2D eigenvalue weighted by atomic mass is 32.2. The second kappa shape index (κ2) is 6.60. The van der Waals surface area contributed by atoms with Crippen molar-refractivity contribution < 1.29 is 13.3 Å². The molecule has 0 bridgehead atoms. The van der Waals surface area contributed by atoms with Crippen molar-refractivity contribution in [1.29, 1.82) is 0 Å². The molecular formula is C17H20N2O4S. The summed E-state index contributed by atoms with van der Waals surface area (Å²) in [6.45, 7) is 7.40. The van der Waals surface area contributed by atoms with Crippen LogP contribution in [-0.4, -0.2) is 19.9 Å². The van der Waals surface area contributed by atoms with E-state index in [9.17, 15) is 18.5 Å². The van der Waals surface area contributed by atoms with Gasteiger partial charge in [-0.2, -0.15) is 0 Å². The van der Waals surface area contributed by atoms with E-state index in [1.54, 1.807) is 26.0 Å². The van der Waals surface area contributed by atoms with Crippen LogP contribution in [0.15, 0.2) is 41.3 Å². The molecular weight excluding hydrogens is 328 g/mol. The summed E-state index contributed by atoms with van der Waals surface area (Å²) < 4.78 is 27.2. The highest BCUT2D eigenvalue weighted by Gasteiger charge is 2.26. The van der Waals surface area contributed by atoms with Crippen LogP contribution < -0.4 is 4.31 Å². The van der Waals surface area contributed by atoms with Crippen molar-refractivity contribution in [3.05, 3.63) is 63.2 Å². The number of nitrogens with zero attached hydrogens (tertiary/aromatic N) is 2. The highest BCUT2D eigenvalue weighted by molar-refractivity contribution is 7.92. The summed E-state index contributed by atoms with van der Waals surface area (Å²) in [5, 5.41) is 11.1. The second-order valence-electron chi connectivity index (χ2n) is 5.64. The first kappa shape index (κ1) is 17.9. The van der Waals surface area contributed by atoms with Crippen LogP contribution in [0.3, 0.4) is 0 Å². The molecule has 0 amide bonds. The van der Waals surface area contributed by atoms with Crippen molar-refractivity contribution in [2.24, 2.45) is 0 Å². The van der Waals surface area contributed by atoms with Crippen LogP contribution in [0.4, 0.5) is 11.4 Å². The number of hydrogen-bond donors (Lipinski definition) is 0. The van der Waals surface area contributed by atoms with E-state index in [1.165, 1.54) is 16.4 Å². The first-order valence-corrected chi connectivity index (χ1v) is 8.97. The smallest absolute Gasteiger partial charge is 0.267 e. The molecule has 0 N–H and O–H groups in total. The first-order valence-electron chi connectivity index (χ1n) is 7.53. The van der Waals surface area contributed by atoms with Gasteiger partial charge in [-0.1, -0.05) is 12.1 Å². The van der Waals surface area contributed by atoms with E-state index in [4.69, 9.17) is 0 Å². The number of nitro groups is 1. The molecule has 2 aromatic rings. The standard InChI is InChI=1S/C17H20N2O4S/c1-5-18(15-8-6-12(2)14(4)10-15)24(22,23)16-9-7-13(3)17(11-16)19(20)21/h6-11H,5H2,1-4H3. The zero-order chi connectivity index (χ0) is 18.1. The summed E-state index contributed by atoms with van der Waals surface area (Å²) in [5.41, 5.74) is 2.82. The predicted molar refractivity (Wildman–Crippen MR) is 94.0 cm³/mol. The van der Waals surface area contributed by atoms with E-state index in [2.05, 4.69) is 0 Å². The number of rotatable bonds is 5. The topological polar surface area (TPSA) is 80.5 Å². The quantitative estimate of drug-likeness (QED) is 0.609.